The molecule has 0 spiro atoms. The van der Waals surface area contributed by atoms with Crippen molar-refractivity contribution in [3.8, 4) is 0 Å². The van der Waals surface area contributed by atoms with Crippen LogP contribution >= 0.6 is 11.3 Å². The van der Waals surface area contributed by atoms with Gasteiger partial charge in [0, 0.05) is 16.3 Å². The number of halogens is 2. The van der Waals surface area contributed by atoms with E-state index in [1.807, 2.05) is 0 Å². The van der Waals surface area contributed by atoms with E-state index in [1.54, 1.807) is 0 Å². The Morgan fingerprint density at radius 3 is 2.55 bits per heavy atom. The summed E-state index contributed by atoms with van der Waals surface area (Å²) in [5.74, 6) is -1.30. The van der Waals surface area contributed by atoms with E-state index in [9.17, 15) is 13.6 Å². The topological polar surface area (TPSA) is 37.3 Å². The molecule has 0 aliphatic carbocycles. The monoisotopic (exact) mass is 178 g/mol. The molecule has 1 aromatic heterocycles. The highest BCUT2D eigenvalue weighted by Crippen LogP contribution is 2.25. The molecule has 0 radical (unpaired) electrons. The van der Waals surface area contributed by atoms with Crippen LogP contribution in [0.15, 0.2) is 10.8 Å². The van der Waals surface area contributed by atoms with Gasteiger partial charge in [0.1, 0.15) is 0 Å². The maximum absolute atomic E-state index is 12.0. The molecule has 0 amide bonds. The number of aromatic carboxylic acids is 1. The van der Waals surface area contributed by atoms with Gasteiger partial charge in [-0.1, -0.05) is 0 Å². The van der Waals surface area contributed by atoms with Gasteiger partial charge >= 0.3 is 5.97 Å². The molecule has 11 heavy (non-hydrogen) atoms. The van der Waals surface area contributed by atoms with Gasteiger partial charge in [-0.2, -0.15) is 11.3 Å². The van der Waals surface area contributed by atoms with E-state index in [0.717, 1.165) is 16.7 Å². The lowest BCUT2D eigenvalue weighted by Gasteiger charge is -1.95. The van der Waals surface area contributed by atoms with Crippen molar-refractivity contribution in [3.63, 3.8) is 0 Å². The molecule has 5 heteroatoms. The van der Waals surface area contributed by atoms with Gasteiger partial charge in [0.15, 0.2) is 0 Å². The Morgan fingerprint density at radius 1 is 1.55 bits per heavy atom. The van der Waals surface area contributed by atoms with Gasteiger partial charge in [-0.15, -0.1) is 0 Å². The highest BCUT2D eigenvalue weighted by Gasteiger charge is 2.17. The predicted octanol–water partition coefficient (Wildman–Crippen LogP) is 2.38. The average Bonchev–Trinajstić information content (AvgIpc) is 2.32. The zero-order valence-electron chi connectivity index (χ0n) is 5.25. The molecule has 0 aromatic carbocycles. The molecule has 0 aliphatic heterocycles. The molecule has 1 N–H and O–H groups in total. The lowest BCUT2D eigenvalue weighted by Crippen LogP contribution is -1.98. The van der Waals surface area contributed by atoms with Gasteiger partial charge in [-0.25, -0.2) is 13.6 Å². The second kappa shape index (κ2) is 2.96. The lowest BCUT2D eigenvalue weighted by atomic mass is 10.2. The summed E-state index contributed by atoms with van der Waals surface area (Å²) in [4.78, 5) is 10.3. The number of alkyl halides is 2. The van der Waals surface area contributed by atoms with Crippen molar-refractivity contribution in [3.05, 3.63) is 21.9 Å². The molecule has 60 valence electrons. The van der Waals surface area contributed by atoms with Crippen LogP contribution in [0.2, 0.25) is 0 Å². The van der Waals surface area contributed by atoms with Gasteiger partial charge in [0.2, 0.25) is 0 Å². The normalized spacial score (nSPS) is 10.5. The molecule has 0 bridgehead atoms. The van der Waals surface area contributed by atoms with Crippen molar-refractivity contribution >= 4 is 17.3 Å². The molecule has 0 atom stereocenters. The SMILES string of the molecule is O=C(O)c1cscc1C(F)F. The van der Waals surface area contributed by atoms with Crippen molar-refractivity contribution in [1.29, 1.82) is 0 Å². The molecule has 0 saturated heterocycles. The molecule has 0 aliphatic rings. The minimum atomic E-state index is -2.70. The number of carboxylic acids is 1. The number of carboxylic acid groups (broad SMARTS) is 1. The molecule has 1 rings (SSSR count). The highest BCUT2D eigenvalue weighted by atomic mass is 32.1. The summed E-state index contributed by atoms with van der Waals surface area (Å²) in [7, 11) is 0. The van der Waals surface area contributed by atoms with Crippen molar-refractivity contribution in [2.24, 2.45) is 0 Å². The van der Waals surface area contributed by atoms with Crippen molar-refractivity contribution in [2.75, 3.05) is 0 Å². The van der Waals surface area contributed by atoms with E-state index in [4.69, 9.17) is 5.11 Å². The third-order valence-electron chi connectivity index (χ3n) is 1.16. The Morgan fingerprint density at radius 2 is 2.18 bits per heavy atom. The maximum atomic E-state index is 12.0. The minimum Gasteiger partial charge on any atom is -0.478 e. The number of thiophene rings is 1. The number of rotatable bonds is 2. The third kappa shape index (κ3) is 1.54. The smallest absolute Gasteiger partial charge is 0.337 e. The van der Waals surface area contributed by atoms with Crippen LogP contribution in [-0.4, -0.2) is 11.1 Å². The first-order valence-electron chi connectivity index (χ1n) is 2.70. The maximum Gasteiger partial charge on any atom is 0.337 e. The van der Waals surface area contributed by atoms with Gasteiger partial charge < -0.3 is 5.11 Å². The van der Waals surface area contributed by atoms with E-state index >= 15 is 0 Å². The average molecular weight is 178 g/mol. The molecule has 0 fully saturated rings. The summed E-state index contributed by atoms with van der Waals surface area (Å²) < 4.78 is 23.9. The van der Waals surface area contributed by atoms with Crippen LogP contribution in [0.25, 0.3) is 0 Å². The summed E-state index contributed by atoms with van der Waals surface area (Å²) in [5.41, 5.74) is -0.701. The van der Waals surface area contributed by atoms with Crippen LogP contribution in [0, 0.1) is 0 Å². The minimum absolute atomic E-state index is 0.301. The van der Waals surface area contributed by atoms with E-state index in [0.29, 0.717) is 0 Å². The van der Waals surface area contributed by atoms with Gasteiger partial charge in [0.25, 0.3) is 6.43 Å². The van der Waals surface area contributed by atoms with E-state index < -0.39 is 18.0 Å². The fourth-order valence-corrected chi connectivity index (χ4v) is 1.47. The van der Waals surface area contributed by atoms with Crippen molar-refractivity contribution in [1.82, 2.24) is 0 Å². The zero-order valence-corrected chi connectivity index (χ0v) is 6.07. The first-order chi connectivity index (χ1) is 5.13. The summed E-state index contributed by atoms with van der Waals surface area (Å²) in [6, 6.07) is 0. The fraction of sp³-hybridized carbons (Fsp3) is 0.167. The van der Waals surface area contributed by atoms with Crippen LogP contribution in [0.1, 0.15) is 22.3 Å². The van der Waals surface area contributed by atoms with Gasteiger partial charge in [-0.05, 0) is 0 Å². The fourth-order valence-electron chi connectivity index (χ4n) is 0.650. The Kier molecular flexibility index (Phi) is 2.19. The number of carbonyl (C=O) groups is 1. The Hall–Kier alpha value is -0.970. The molecule has 1 aromatic rings. The largest absolute Gasteiger partial charge is 0.478 e. The third-order valence-corrected chi connectivity index (χ3v) is 1.92. The zero-order chi connectivity index (χ0) is 8.43. The summed E-state index contributed by atoms with van der Waals surface area (Å²) in [5, 5.41) is 10.7. The van der Waals surface area contributed by atoms with Crippen LogP contribution in [-0.2, 0) is 0 Å². The van der Waals surface area contributed by atoms with Gasteiger partial charge in [-0.3, -0.25) is 0 Å². The predicted molar refractivity (Wildman–Crippen MR) is 36.2 cm³/mol. The van der Waals surface area contributed by atoms with Crippen molar-refractivity contribution in [2.45, 2.75) is 6.43 Å². The van der Waals surface area contributed by atoms with E-state index in [1.165, 1.54) is 5.38 Å². The summed E-state index contributed by atoms with van der Waals surface area (Å²) in [6.45, 7) is 0. The highest BCUT2D eigenvalue weighted by molar-refractivity contribution is 7.08. The lowest BCUT2D eigenvalue weighted by molar-refractivity contribution is 0.0686. The molecule has 0 unspecified atom stereocenters. The number of hydrogen-bond acceptors (Lipinski definition) is 2. The van der Waals surface area contributed by atoms with Crippen LogP contribution < -0.4 is 0 Å². The Labute approximate surface area is 65.1 Å². The van der Waals surface area contributed by atoms with Gasteiger partial charge in [0.05, 0.1) is 5.56 Å². The second-order valence-corrected chi connectivity index (χ2v) is 2.59. The first-order valence-corrected chi connectivity index (χ1v) is 3.64. The number of hydrogen-bond donors (Lipinski definition) is 1. The van der Waals surface area contributed by atoms with Crippen LogP contribution in [0.4, 0.5) is 8.78 Å². The Balaban J connectivity index is 3.06. The molecule has 1 heterocycles. The Bertz CT molecular complexity index is 269. The quantitative estimate of drug-likeness (QED) is 0.754. The molecular formula is C6H4F2O2S. The summed E-state index contributed by atoms with van der Waals surface area (Å²) >= 11 is 0.962. The van der Waals surface area contributed by atoms with Crippen LogP contribution in [0.5, 0.6) is 0 Å². The molecule has 2 nitrogen and oxygen atoms in total. The summed E-state index contributed by atoms with van der Waals surface area (Å²) in [6.07, 6.45) is -2.70. The standard InChI is InChI=1S/C6H4F2O2S/c7-5(8)3-1-11-2-4(3)6(9)10/h1-2,5H,(H,9,10). The van der Waals surface area contributed by atoms with E-state index in [-0.39, 0.29) is 5.56 Å². The second-order valence-electron chi connectivity index (χ2n) is 1.85. The first kappa shape index (κ1) is 8.13. The molecular weight excluding hydrogens is 174 g/mol. The molecule has 0 saturated carbocycles. The van der Waals surface area contributed by atoms with Crippen LogP contribution in [0.3, 0.4) is 0 Å². The van der Waals surface area contributed by atoms with E-state index in [2.05, 4.69) is 0 Å². The van der Waals surface area contributed by atoms with Crippen molar-refractivity contribution < 1.29 is 18.7 Å².